The first kappa shape index (κ1) is 15.9. The molecule has 0 aliphatic heterocycles. The van der Waals surface area contributed by atoms with Gasteiger partial charge in [0.15, 0.2) is 0 Å². The van der Waals surface area contributed by atoms with Crippen LogP contribution in [-0.2, 0) is 6.61 Å². The van der Waals surface area contributed by atoms with Crippen molar-refractivity contribution in [2.75, 3.05) is 14.2 Å². The molecule has 3 aromatic rings. The summed E-state index contributed by atoms with van der Waals surface area (Å²) in [6, 6.07) is 17.0. The minimum Gasteiger partial charge on any atom is -0.496 e. The lowest BCUT2D eigenvalue weighted by Gasteiger charge is -2.15. The van der Waals surface area contributed by atoms with Gasteiger partial charge in [0.1, 0.15) is 30.1 Å². The third-order valence-electron chi connectivity index (χ3n) is 3.84. The molecule has 0 aliphatic carbocycles. The minimum absolute atomic E-state index is 0.401. The molecule has 4 heteroatoms. The van der Waals surface area contributed by atoms with Gasteiger partial charge in [-0.05, 0) is 29.8 Å². The zero-order valence-corrected chi connectivity index (χ0v) is 13.6. The van der Waals surface area contributed by atoms with E-state index in [2.05, 4.69) is 0 Å². The molecule has 0 atom stereocenters. The van der Waals surface area contributed by atoms with Crippen LogP contribution in [0, 0.1) is 0 Å². The third kappa shape index (κ3) is 3.04. The van der Waals surface area contributed by atoms with Crippen molar-refractivity contribution in [3.8, 4) is 17.2 Å². The van der Waals surface area contributed by atoms with Crippen molar-refractivity contribution in [1.82, 2.24) is 0 Å². The number of carbonyl (C=O) groups excluding carboxylic acids is 1. The standard InChI is InChI=1S/C20H18O4/c1-22-17-8-9-18(23-2)20-16(17)10-15(12-21)11-19(20)24-13-14-6-4-3-5-7-14/h3-12H,13H2,1-2H3. The lowest BCUT2D eigenvalue weighted by molar-refractivity contribution is 0.112. The maximum absolute atomic E-state index is 11.3. The second kappa shape index (κ2) is 7.04. The van der Waals surface area contributed by atoms with Crippen LogP contribution in [0.15, 0.2) is 54.6 Å². The summed E-state index contributed by atoms with van der Waals surface area (Å²) in [4.78, 5) is 11.3. The number of hydrogen-bond donors (Lipinski definition) is 0. The van der Waals surface area contributed by atoms with E-state index in [1.807, 2.05) is 42.5 Å². The van der Waals surface area contributed by atoms with E-state index in [4.69, 9.17) is 14.2 Å². The Kier molecular flexibility index (Phi) is 4.66. The first-order chi connectivity index (χ1) is 11.8. The van der Waals surface area contributed by atoms with Crippen molar-refractivity contribution < 1.29 is 19.0 Å². The molecule has 0 saturated carbocycles. The summed E-state index contributed by atoms with van der Waals surface area (Å²) >= 11 is 0. The van der Waals surface area contributed by atoms with Crippen LogP contribution in [0.5, 0.6) is 17.2 Å². The van der Waals surface area contributed by atoms with Crippen LogP contribution in [0.4, 0.5) is 0 Å². The highest BCUT2D eigenvalue weighted by Crippen LogP contribution is 2.40. The fourth-order valence-corrected chi connectivity index (χ4v) is 2.68. The van der Waals surface area contributed by atoms with Gasteiger partial charge in [-0.25, -0.2) is 0 Å². The van der Waals surface area contributed by atoms with Crippen LogP contribution in [0.3, 0.4) is 0 Å². The molecule has 0 fully saturated rings. The summed E-state index contributed by atoms with van der Waals surface area (Å²) in [7, 11) is 3.20. The lowest BCUT2D eigenvalue weighted by Crippen LogP contribution is -1.99. The number of methoxy groups -OCH3 is 2. The summed E-state index contributed by atoms with van der Waals surface area (Å²) in [5.74, 6) is 1.93. The number of benzene rings is 3. The number of fused-ring (bicyclic) bond motifs is 1. The van der Waals surface area contributed by atoms with Crippen LogP contribution >= 0.6 is 0 Å². The van der Waals surface area contributed by atoms with Crippen molar-refractivity contribution >= 4 is 17.1 Å². The molecule has 0 aromatic heterocycles. The van der Waals surface area contributed by atoms with E-state index >= 15 is 0 Å². The average Bonchev–Trinajstić information content (AvgIpc) is 2.65. The molecule has 24 heavy (non-hydrogen) atoms. The molecule has 0 heterocycles. The molecule has 0 radical (unpaired) electrons. The van der Waals surface area contributed by atoms with Crippen LogP contribution in [0.2, 0.25) is 0 Å². The normalized spacial score (nSPS) is 10.4. The molecule has 122 valence electrons. The Hall–Kier alpha value is -3.01. The largest absolute Gasteiger partial charge is 0.496 e. The highest BCUT2D eigenvalue weighted by atomic mass is 16.5. The minimum atomic E-state index is 0.401. The van der Waals surface area contributed by atoms with Gasteiger partial charge in [-0.3, -0.25) is 4.79 Å². The third-order valence-corrected chi connectivity index (χ3v) is 3.84. The van der Waals surface area contributed by atoms with Gasteiger partial charge in [0.05, 0.1) is 19.6 Å². The highest BCUT2D eigenvalue weighted by molar-refractivity contribution is 6.01. The Morgan fingerprint density at radius 3 is 2.25 bits per heavy atom. The Labute approximate surface area is 140 Å². The molecule has 0 saturated heterocycles. The molecule has 0 aliphatic rings. The molecule has 0 amide bonds. The maximum atomic E-state index is 11.3. The molecular formula is C20H18O4. The summed E-state index contributed by atoms with van der Waals surface area (Å²) in [5.41, 5.74) is 1.57. The van der Waals surface area contributed by atoms with E-state index in [0.29, 0.717) is 29.4 Å². The van der Waals surface area contributed by atoms with E-state index < -0.39 is 0 Å². The predicted octanol–water partition coefficient (Wildman–Crippen LogP) is 4.25. The zero-order valence-electron chi connectivity index (χ0n) is 13.6. The Bertz CT molecular complexity index is 856. The topological polar surface area (TPSA) is 44.8 Å². The molecule has 0 bridgehead atoms. The zero-order chi connectivity index (χ0) is 16.9. The molecule has 0 spiro atoms. The molecular weight excluding hydrogens is 304 g/mol. The summed E-state index contributed by atoms with van der Waals surface area (Å²) in [6.07, 6.45) is 0.799. The molecule has 0 unspecified atom stereocenters. The second-order valence-corrected chi connectivity index (χ2v) is 5.30. The number of aldehydes is 1. The van der Waals surface area contributed by atoms with Gasteiger partial charge in [-0.2, -0.15) is 0 Å². The number of hydrogen-bond acceptors (Lipinski definition) is 4. The van der Waals surface area contributed by atoms with Crippen LogP contribution in [0.1, 0.15) is 15.9 Å². The first-order valence-corrected chi connectivity index (χ1v) is 7.57. The highest BCUT2D eigenvalue weighted by Gasteiger charge is 2.14. The molecule has 3 rings (SSSR count). The predicted molar refractivity (Wildman–Crippen MR) is 93.2 cm³/mol. The van der Waals surface area contributed by atoms with Gasteiger partial charge in [0.2, 0.25) is 0 Å². The van der Waals surface area contributed by atoms with Crippen molar-refractivity contribution in [3.63, 3.8) is 0 Å². The van der Waals surface area contributed by atoms with Gasteiger partial charge >= 0.3 is 0 Å². The quantitative estimate of drug-likeness (QED) is 0.637. The lowest BCUT2D eigenvalue weighted by atomic mass is 10.0. The molecule has 3 aromatic carbocycles. The molecule has 0 N–H and O–H groups in total. The molecule has 4 nitrogen and oxygen atoms in total. The van der Waals surface area contributed by atoms with Crippen molar-refractivity contribution in [2.45, 2.75) is 6.61 Å². The SMILES string of the molecule is COc1ccc(OC)c2c(OCc3ccccc3)cc(C=O)cc12. The van der Waals surface area contributed by atoms with Gasteiger partial charge < -0.3 is 14.2 Å². The van der Waals surface area contributed by atoms with E-state index in [9.17, 15) is 4.79 Å². The van der Waals surface area contributed by atoms with E-state index in [-0.39, 0.29) is 0 Å². The van der Waals surface area contributed by atoms with Crippen LogP contribution in [0.25, 0.3) is 10.8 Å². The van der Waals surface area contributed by atoms with Crippen LogP contribution in [-0.4, -0.2) is 20.5 Å². The van der Waals surface area contributed by atoms with Crippen molar-refractivity contribution in [2.24, 2.45) is 0 Å². The Balaban J connectivity index is 2.12. The van der Waals surface area contributed by atoms with E-state index in [1.165, 1.54) is 0 Å². The van der Waals surface area contributed by atoms with E-state index in [0.717, 1.165) is 22.6 Å². The van der Waals surface area contributed by atoms with Crippen LogP contribution < -0.4 is 14.2 Å². The Morgan fingerprint density at radius 2 is 1.58 bits per heavy atom. The summed E-state index contributed by atoms with van der Waals surface area (Å²) in [5, 5.41) is 1.57. The second-order valence-electron chi connectivity index (χ2n) is 5.30. The van der Waals surface area contributed by atoms with E-state index in [1.54, 1.807) is 26.4 Å². The number of rotatable bonds is 6. The summed E-state index contributed by atoms with van der Waals surface area (Å²) in [6.45, 7) is 0.401. The van der Waals surface area contributed by atoms with Gasteiger partial charge in [0.25, 0.3) is 0 Å². The van der Waals surface area contributed by atoms with Gasteiger partial charge in [-0.15, -0.1) is 0 Å². The average molecular weight is 322 g/mol. The maximum Gasteiger partial charge on any atom is 0.150 e. The van der Waals surface area contributed by atoms with Crippen molar-refractivity contribution in [3.05, 3.63) is 65.7 Å². The monoisotopic (exact) mass is 322 g/mol. The number of carbonyl (C=O) groups is 1. The van der Waals surface area contributed by atoms with Crippen molar-refractivity contribution in [1.29, 1.82) is 0 Å². The fourth-order valence-electron chi connectivity index (χ4n) is 2.68. The summed E-state index contributed by atoms with van der Waals surface area (Å²) < 4.78 is 16.9. The van der Waals surface area contributed by atoms with Gasteiger partial charge in [-0.1, -0.05) is 30.3 Å². The number of ether oxygens (including phenoxy) is 3. The van der Waals surface area contributed by atoms with Gasteiger partial charge in [0, 0.05) is 10.9 Å². The smallest absolute Gasteiger partial charge is 0.150 e. The first-order valence-electron chi connectivity index (χ1n) is 7.57. The fraction of sp³-hybridized carbons (Fsp3) is 0.150. The Morgan fingerprint density at radius 1 is 0.875 bits per heavy atom.